The summed E-state index contributed by atoms with van der Waals surface area (Å²) in [5.74, 6) is -5.59. The highest BCUT2D eigenvalue weighted by atomic mass is 16.9. The number of amides is 1. The van der Waals surface area contributed by atoms with Gasteiger partial charge in [-0.25, -0.2) is 9.59 Å². The minimum atomic E-state index is -2.56. The number of carbonyl (C=O) groups excluding carboxylic acids is 1. The number of carboxylic acids is 1. The van der Waals surface area contributed by atoms with Gasteiger partial charge in [0.1, 0.15) is 18.0 Å². The Labute approximate surface area is 271 Å². The van der Waals surface area contributed by atoms with Gasteiger partial charge in [0.2, 0.25) is 5.91 Å². The van der Waals surface area contributed by atoms with Crippen molar-refractivity contribution in [3.63, 3.8) is 0 Å². The predicted molar refractivity (Wildman–Crippen MR) is 165 cm³/mol. The van der Waals surface area contributed by atoms with Crippen LogP contribution >= 0.6 is 0 Å². The third-order valence-corrected chi connectivity index (χ3v) is 7.61. The van der Waals surface area contributed by atoms with Gasteiger partial charge >= 0.3 is 18.3 Å². The van der Waals surface area contributed by atoms with Crippen LogP contribution in [0.15, 0.2) is 84.9 Å². The molecule has 1 saturated heterocycles. The summed E-state index contributed by atoms with van der Waals surface area (Å²) in [5, 5.41) is 28.6. The largest absolute Gasteiger partial charge is 0.508 e. The number of carboxylic acid groups (broad SMARTS) is 3. The first kappa shape index (κ1) is 34.7. The molecule has 3 aromatic rings. The van der Waals surface area contributed by atoms with E-state index in [0.29, 0.717) is 24.3 Å². The number of aliphatic carboxylic acids is 1. The van der Waals surface area contributed by atoms with Crippen molar-refractivity contribution in [1.82, 2.24) is 4.90 Å². The zero-order chi connectivity index (χ0) is 34.2. The molecule has 0 saturated carbocycles. The van der Waals surface area contributed by atoms with Crippen LogP contribution in [0.2, 0.25) is 0 Å². The lowest BCUT2D eigenvalue weighted by Gasteiger charge is -2.37. The Balaban J connectivity index is 1.67. The minimum Gasteiger partial charge on any atom is -0.480 e. The van der Waals surface area contributed by atoms with Crippen LogP contribution in [-0.2, 0) is 35.0 Å². The van der Waals surface area contributed by atoms with Crippen LogP contribution in [0, 0.1) is 0 Å². The van der Waals surface area contributed by atoms with E-state index in [0.717, 1.165) is 16.0 Å². The molecule has 1 heterocycles. The summed E-state index contributed by atoms with van der Waals surface area (Å²) >= 11 is 0. The Bertz CT molecular complexity index is 1530. The standard InChI is InChI=1S/C34H37NO12/c1-22(35(21-29(37)38)28(36)20-34(46-32(41)42)30(44-31(39)40)45-33(2,3)47-34)27(19-14-23-10-6-4-7-11-23)24-15-17-26(18-16-24)43-25-12-8-5-9-13-25/h4-13,15-18,22,27,30H,14,19-21H2,1-3H3,(H,37,38)(H,39,40)(H,41,42)/t22-,27+,30+,34+/m1/s1. The number of hydrogen-bond donors (Lipinski definition) is 3. The van der Waals surface area contributed by atoms with E-state index >= 15 is 0 Å². The number of benzene rings is 3. The Morgan fingerprint density at radius 2 is 1.45 bits per heavy atom. The number of ether oxygens (including phenoxy) is 5. The molecule has 0 aromatic heterocycles. The van der Waals surface area contributed by atoms with E-state index in [1.165, 1.54) is 13.8 Å². The van der Waals surface area contributed by atoms with E-state index < -0.39 is 67.0 Å². The Morgan fingerprint density at radius 3 is 2.02 bits per heavy atom. The van der Waals surface area contributed by atoms with E-state index in [9.17, 15) is 34.5 Å². The highest BCUT2D eigenvalue weighted by molar-refractivity contribution is 5.82. The van der Waals surface area contributed by atoms with Gasteiger partial charge in [0.15, 0.2) is 5.79 Å². The van der Waals surface area contributed by atoms with E-state index in [1.807, 2.05) is 72.8 Å². The summed E-state index contributed by atoms with van der Waals surface area (Å²) in [6.45, 7) is 3.64. The van der Waals surface area contributed by atoms with Crippen LogP contribution in [0.1, 0.15) is 50.7 Å². The zero-order valence-electron chi connectivity index (χ0n) is 26.1. The van der Waals surface area contributed by atoms with Crippen molar-refractivity contribution in [1.29, 1.82) is 0 Å². The molecule has 13 nitrogen and oxygen atoms in total. The van der Waals surface area contributed by atoms with Gasteiger partial charge in [-0.3, -0.25) is 9.59 Å². The molecule has 13 heteroatoms. The molecule has 250 valence electrons. The summed E-state index contributed by atoms with van der Waals surface area (Å²) in [4.78, 5) is 50.3. The first-order valence-corrected chi connectivity index (χ1v) is 14.8. The summed E-state index contributed by atoms with van der Waals surface area (Å²) in [6.07, 6.45) is -5.55. The number of nitrogens with zero attached hydrogens (tertiary/aromatic N) is 1. The molecule has 1 fully saturated rings. The molecular weight excluding hydrogens is 614 g/mol. The average Bonchev–Trinajstić information content (AvgIpc) is 3.24. The first-order chi connectivity index (χ1) is 22.3. The number of para-hydroxylation sites is 1. The Kier molecular flexibility index (Phi) is 11.1. The molecule has 0 radical (unpaired) electrons. The number of hydrogen-bond acceptors (Lipinski definition) is 9. The summed E-state index contributed by atoms with van der Waals surface area (Å²) < 4.78 is 26.7. The monoisotopic (exact) mass is 651 g/mol. The molecule has 1 amide bonds. The van der Waals surface area contributed by atoms with E-state index in [2.05, 4.69) is 0 Å². The third-order valence-electron chi connectivity index (χ3n) is 7.61. The first-order valence-electron chi connectivity index (χ1n) is 14.8. The van der Waals surface area contributed by atoms with Crippen LogP contribution < -0.4 is 4.74 Å². The van der Waals surface area contributed by atoms with Gasteiger partial charge < -0.3 is 43.9 Å². The lowest BCUT2D eigenvalue weighted by atomic mass is 9.85. The van der Waals surface area contributed by atoms with Crippen molar-refractivity contribution in [2.45, 2.75) is 69.9 Å². The fourth-order valence-electron chi connectivity index (χ4n) is 5.61. The van der Waals surface area contributed by atoms with Crippen molar-refractivity contribution in [3.8, 4) is 11.5 Å². The zero-order valence-corrected chi connectivity index (χ0v) is 26.1. The van der Waals surface area contributed by atoms with Gasteiger partial charge in [-0.1, -0.05) is 60.7 Å². The van der Waals surface area contributed by atoms with E-state index in [4.69, 9.17) is 23.7 Å². The lowest BCUT2D eigenvalue weighted by molar-refractivity contribution is -0.250. The normalized spacial score (nSPS) is 19.6. The van der Waals surface area contributed by atoms with Crippen LogP contribution in [0.25, 0.3) is 0 Å². The molecule has 4 rings (SSSR count). The summed E-state index contributed by atoms with van der Waals surface area (Å²) in [5.41, 5.74) is 1.83. The van der Waals surface area contributed by atoms with Crippen molar-refractivity contribution in [2.75, 3.05) is 6.54 Å². The van der Waals surface area contributed by atoms with E-state index in [-0.39, 0.29) is 0 Å². The maximum absolute atomic E-state index is 14.0. The molecule has 3 N–H and O–H groups in total. The van der Waals surface area contributed by atoms with Gasteiger partial charge in [0.05, 0.1) is 6.42 Å². The number of carbonyl (C=O) groups is 4. The third kappa shape index (κ3) is 9.44. The summed E-state index contributed by atoms with van der Waals surface area (Å²) in [7, 11) is 0. The van der Waals surface area contributed by atoms with Crippen LogP contribution in [-0.4, -0.2) is 74.9 Å². The van der Waals surface area contributed by atoms with Gasteiger partial charge in [-0.2, -0.15) is 0 Å². The van der Waals surface area contributed by atoms with Crippen molar-refractivity contribution < 1.29 is 58.2 Å². The minimum absolute atomic E-state index is 0.413. The van der Waals surface area contributed by atoms with Gasteiger partial charge in [0.25, 0.3) is 12.1 Å². The molecule has 0 unspecified atom stereocenters. The number of aryl methyl sites for hydroxylation is 1. The maximum Gasteiger partial charge on any atom is 0.508 e. The summed E-state index contributed by atoms with van der Waals surface area (Å²) in [6, 6.07) is 25.4. The molecule has 0 spiro atoms. The predicted octanol–water partition coefficient (Wildman–Crippen LogP) is 6.08. The Hall–Kier alpha value is -5.14. The van der Waals surface area contributed by atoms with Gasteiger partial charge in [0, 0.05) is 12.0 Å². The molecule has 4 atom stereocenters. The van der Waals surface area contributed by atoms with E-state index in [1.54, 1.807) is 19.1 Å². The molecule has 47 heavy (non-hydrogen) atoms. The van der Waals surface area contributed by atoms with Crippen LogP contribution in [0.3, 0.4) is 0 Å². The molecule has 1 aliphatic heterocycles. The average molecular weight is 652 g/mol. The number of rotatable bonds is 14. The van der Waals surface area contributed by atoms with Crippen LogP contribution in [0.4, 0.5) is 9.59 Å². The maximum atomic E-state index is 14.0. The molecule has 0 aliphatic carbocycles. The molecule has 0 bridgehead atoms. The molecular formula is C34H37NO12. The second-order valence-corrected chi connectivity index (χ2v) is 11.5. The quantitative estimate of drug-likeness (QED) is 0.171. The lowest BCUT2D eigenvalue weighted by Crippen LogP contribution is -2.53. The fraction of sp³-hybridized carbons (Fsp3) is 0.353. The smallest absolute Gasteiger partial charge is 0.480 e. The highest BCUT2D eigenvalue weighted by Gasteiger charge is 2.61. The molecule has 3 aromatic carbocycles. The second-order valence-electron chi connectivity index (χ2n) is 11.5. The van der Waals surface area contributed by atoms with Crippen molar-refractivity contribution in [3.05, 3.63) is 96.1 Å². The Morgan fingerprint density at radius 1 is 0.851 bits per heavy atom. The SMILES string of the molecule is C[C@H]([C@H](CCc1ccccc1)c1ccc(Oc2ccccc2)cc1)N(CC(=O)O)C(=O)C[C@]1(OC(=O)O)OC(C)(C)O[C@@H]1OC(=O)O. The topological polar surface area (TPSA) is 178 Å². The van der Waals surface area contributed by atoms with Gasteiger partial charge in [-0.15, -0.1) is 0 Å². The van der Waals surface area contributed by atoms with Crippen molar-refractivity contribution in [2.24, 2.45) is 0 Å². The van der Waals surface area contributed by atoms with Crippen LogP contribution in [0.5, 0.6) is 11.5 Å². The molecule has 1 aliphatic rings. The fourth-order valence-corrected chi connectivity index (χ4v) is 5.61. The van der Waals surface area contributed by atoms with Crippen molar-refractivity contribution >= 4 is 24.2 Å². The highest BCUT2D eigenvalue weighted by Crippen LogP contribution is 2.42. The second kappa shape index (κ2) is 15.0. The van der Waals surface area contributed by atoms with Gasteiger partial charge in [-0.05, 0) is 69.0 Å².